The van der Waals surface area contributed by atoms with E-state index in [2.05, 4.69) is 33.4 Å². The zero-order valence-electron chi connectivity index (χ0n) is 16.8. The number of ether oxygens (including phenoxy) is 3. The van der Waals surface area contributed by atoms with Gasteiger partial charge in [-0.05, 0) is 54.4 Å². The second-order valence-corrected chi connectivity index (χ2v) is 7.27. The predicted octanol–water partition coefficient (Wildman–Crippen LogP) is 4.95. The maximum Gasteiger partial charge on any atom is 0.277 e. The van der Waals surface area contributed by atoms with E-state index in [4.69, 9.17) is 14.2 Å². The molecule has 156 valence electrons. The number of amides is 1. The lowest BCUT2D eigenvalue weighted by Crippen LogP contribution is -2.24. The molecule has 0 heterocycles. The van der Waals surface area contributed by atoms with Gasteiger partial charge in [0, 0.05) is 4.47 Å². The molecule has 0 aliphatic heterocycles. The van der Waals surface area contributed by atoms with Crippen LogP contribution in [0, 0.1) is 0 Å². The SMILES string of the molecule is CCCCCCOc1ccc(/C=N/NC(=O)COc2ccc(Br)cc2)cc1OC. The monoisotopic (exact) mass is 462 g/mol. The van der Waals surface area contributed by atoms with Crippen LogP contribution in [0.1, 0.15) is 38.2 Å². The molecule has 0 radical (unpaired) electrons. The van der Waals surface area contributed by atoms with Crippen molar-refractivity contribution in [2.75, 3.05) is 20.3 Å². The average Bonchev–Trinajstić information content (AvgIpc) is 2.73. The highest BCUT2D eigenvalue weighted by atomic mass is 79.9. The van der Waals surface area contributed by atoms with Crippen molar-refractivity contribution in [1.29, 1.82) is 0 Å². The number of benzene rings is 2. The van der Waals surface area contributed by atoms with Gasteiger partial charge in [0.25, 0.3) is 5.91 Å². The van der Waals surface area contributed by atoms with Crippen molar-refractivity contribution < 1.29 is 19.0 Å². The molecule has 1 N–H and O–H groups in total. The molecule has 0 aliphatic rings. The predicted molar refractivity (Wildman–Crippen MR) is 118 cm³/mol. The van der Waals surface area contributed by atoms with E-state index in [0.29, 0.717) is 23.9 Å². The average molecular weight is 463 g/mol. The number of hydrogen-bond acceptors (Lipinski definition) is 5. The highest BCUT2D eigenvalue weighted by molar-refractivity contribution is 9.10. The lowest BCUT2D eigenvalue weighted by Gasteiger charge is -2.11. The van der Waals surface area contributed by atoms with E-state index in [1.165, 1.54) is 12.8 Å². The molecule has 0 spiro atoms. The molecular weight excluding hydrogens is 436 g/mol. The molecule has 0 aliphatic carbocycles. The minimum atomic E-state index is -0.344. The Bertz CT molecular complexity index is 794. The fourth-order valence-electron chi connectivity index (χ4n) is 2.49. The van der Waals surface area contributed by atoms with Crippen LogP contribution < -0.4 is 19.6 Å². The Morgan fingerprint density at radius 3 is 2.59 bits per heavy atom. The maximum atomic E-state index is 11.8. The smallest absolute Gasteiger partial charge is 0.277 e. The number of nitrogens with zero attached hydrogens (tertiary/aromatic N) is 1. The Morgan fingerprint density at radius 1 is 1.07 bits per heavy atom. The van der Waals surface area contributed by atoms with Gasteiger partial charge in [-0.15, -0.1) is 0 Å². The Balaban J connectivity index is 1.79. The van der Waals surface area contributed by atoms with Crippen LogP contribution >= 0.6 is 15.9 Å². The molecule has 0 saturated carbocycles. The summed E-state index contributed by atoms with van der Waals surface area (Å²) in [7, 11) is 1.60. The van der Waals surface area contributed by atoms with Gasteiger partial charge in [-0.3, -0.25) is 4.79 Å². The topological polar surface area (TPSA) is 69.2 Å². The molecule has 1 amide bonds. The van der Waals surface area contributed by atoms with E-state index < -0.39 is 0 Å². The Hall–Kier alpha value is -2.54. The van der Waals surface area contributed by atoms with Crippen LogP contribution in [0.4, 0.5) is 0 Å². The van der Waals surface area contributed by atoms with Crippen LogP contribution in [0.5, 0.6) is 17.2 Å². The van der Waals surface area contributed by atoms with Crippen molar-refractivity contribution in [2.45, 2.75) is 32.6 Å². The third-order valence-electron chi connectivity index (χ3n) is 4.03. The number of hydrogen-bond donors (Lipinski definition) is 1. The van der Waals surface area contributed by atoms with Crippen molar-refractivity contribution >= 4 is 28.1 Å². The Morgan fingerprint density at radius 2 is 1.86 bits per heavy atom. The fourth-order valence-corrected chi connectivity index (χ4v) is 2.75. The molecule has 0 saturated heterocycles. The molecule has 7 heteroatoms. The summed E-state index contributed by atoms with van der Waals surface area (Å²) in [6, 6.07) is 12.8. The molecule has 6 nitrogen and oxygen atoms in total. The first kappa shape index (κ1) is 22.7. The lowest BCUT2D eigenvalue weighted by molar-refractivity contribution is -0.123. The molecular formula is C22H27BrN2O4. The first-order chi connectivity index (χ1) is 14.1. The van der Waals surface area contributed by atoms with Crippen LogP contribution in [0.3, 0.4) is 0 Å². The number of hydrazone groups is 1. The van der Waals surface area contributed by atoms with Gasteiger partial charge < -0.3 is 14.2 Å². The molecule has 0 unspecified atom stereocenters. The Kier molecular flexibility index (Phi) is 10.1. The van der Waals surface area contributed by atoms with Gasteiger partial charge in [0.1, 0.15) is 5.75 Å². The summed E-state index contributed by atoms with van der Waals surface area (Å²) < 4.78 is 17.5. The normalized spacial score (nSPS) is 10.7. The molecule has 2 aromatic carbocycles. The second-order valence-electron chi connectivity index (χ2n) is 6.36. The number of rotatable bonds is 12. The minimum absolute atomic E-state index is 0.118. The minimum Gasteiger partial charge on any atom is -0.493 e. The van der Waals surface area contributed by atoms with E-state index in [9.17, 15) is 4.79 Å². The van der Waals surface area contributed by atoms with Gasteiger partial charge in [0.2, 0.25) is 0 Å². The third-order valence-corrected chi connectivity index (χ3v) is 4.56. The highest BCUT2D eigenvalue weighted by Gasteiger charge is 2.06. The summed E-state index contributed by atoms with van der Waals surface area (Å²) in [6.45, 7) is 2.73. The van der Waals surface area contributed by atoms with Crippen molar-refractivity contribution in [3.8, 4) is 17.2 Å². The van der Waals surface area contributed by atoms with E-state index in [1.807, 2.05) is 30.3 Å². The largest absolute Gasteiger partial charge is 0.493 e. The molecule has 0 fully saturated rings. The van der Waals surface area contributed by atoms with Crippen molar-refractivity contribution in [3.05, 3.63) is 52.5 Å². The maximum absolute atomic E-state index is 11.8. The van der Waals surface area contributed by atoms with Crippen molar-refractivity contribution in [3.63, 3.8) is 0 Å². The van der Waals surface area contributed by atoms with E-state index in [0.717, 1.165) is 22.9 Å². The molecule has 2 aromatic rings. The first-order valence-corrected chi connectivity index (χ1v) is 10.4. The number of methoxy groups -OCH3 is 1. The standard InChI is InChI=1S/C22H27BrN2O4/c1-3-4-5-6-13-28-20-12-7-17(14-21(20)27-2)15-24-25-22(26)16-29-19-10-8-18(23)9-11-19/h7-12,14-15H,3-6,13,16H2,1-2H3,(H,25,26)/b24-15+. The van der Waals surface area contributed by atoms with E-state index >= 15 is 0 Å². The van der Waals surface area contributed by atoms with Crippen LogP contribution in [0.15, 0.2) is 52.0 Å². The van der Waals surface area contributed by atoms with Gasteiger partial charge >= 0.3 is 0 Å². The van der Waals surface area contributed by atoms with Crippen molar-refractivity contribution in [2.24, 2.45) is 5.10 Å². The molecule has 0 aromatic heterocycles. The summed E-state index contributed by atoms with van der Waals surface area (Å²) in [5.41, 5.74) is 3.23. The third kappa shape index (κ3) is 8.56. The van der Waals surface area contributed by atoms with Gasteiger partial charge in [0.15, 0.2) is 18.1 Å². The zero-order valence-corrected chi connectivity index (χ0v) is 18.4. The van der Waals surface area contributed by atoms with Gasteiger partial charge in [0.05, 0.1) is 19.9 Å². The summed E-state index contributed by atoms with van der Waals surface area (Å²) >= 11 is 3.35. The number of nitrogens with one attached hydrogen (secondary N) is 1. The van der Waals surface area contributed by atoms with Gasteiger partial charge in [-0.2, -0.15) is 5.10 Å². The summed E-state index contributed by atoms with van der Waals surface area (Å²) in [4.78, 5) is 11.8. The van der Waals surface area contributed by atoms with Crippen molar-refractivity contribution in [1.82, 2.24) is 5.43 Å². The second kappa shape index (κ2) is 12.8. The number of halogens is 1. The number of carbonyl (C=O) groups excluding carboxylic acids is 1. The molecule has 2 rings (SSSR count). The van der Waals surface area contributed by atoms with Crippen LogP contribution in [-0.4, -0.2) is 32.4 Å². The summed E-state index contributed by atoms with van der Waals surface area (Å²) in [5.74, 6) is 1.60. The van der Waals surface area contributed by atoms with Crippen LogP contribution in [0.25, 0.3) is 0 Å². The first-order valence-electron chi connectivity index (χ1n) is 9.63. The Labute approximate surface area is 180 Å². The van der Waals surface area contributed by atoms with E-state index in [1.54, 1.807) is 25.5 Å². The quantitative estimate of drug-likeness (QED) is 0.275. The fraction of sp³-hybridized carbons (Fsp3) is 0.364. The van der Waals surface area contributed by atoms with E-state index in [-0.39, 0.29) is 12.5 Å². The number of unbranched alkanes of at least 4 members (excludes halogenated alkanes) is 3. The summed E-state index contributed by atoms with van der Waals surface area (Å²) in [5, 5.41) is 3.96. The van der Waals surface area contributed by atoms with Crippen LogP contribution in [0.2, 0.25) is 0 Å². The van der Waals surface area contributed by atoms with Crippen LogP contribution in [-0.2, 0) is 4.79 Å². The van der Waals surface area contributed by atoms with Gasteiger partial charge in [-0.25, -0.2) is 5.43 Å². The zero-order chi connectivity index (χ0) is 20.9. The highest BCUT2D eigenvalue weighted by Crippen LogP contribution is 2.27. The summed E-state index contributed by atoms with van der Waals surface area (Å²) in [6.07, 6.45) is 6.15. The molecule has 0 atom stereocenters. The molecule has 29 heavy (non-hydrogen) atoms. The van der Waals surface area contributed by atoms with Gasteiger partial charge in [-0.1, -0.05) is 42.1 Å². The molecule has 0 bridgehead atoms. The lowest BCUT2D eigenvalue weighted by atomic mass is 10.2. The number of carbonyl (C=O) groups is 1.